The monoisotopic (exact) mass is 399 g/mol. The normalized spacial score (nSPS) is 10.7. The molecule has 7 heteroatoms. The Morgan fingerprint density at radius 2 is 1.77 bits per heavy atom. The van der Waals surface area contributed by atoms with Crippen molar-refractivity contribution in [2.24, 2.45) is 0 Å². The predicted molar refractivity (Wildman–Crippen MR) is 116 cm³/mol. The lowest BCUT2D eigenvalue weighted by molar-refractivity contribution is 0.0785. The Kier molecular flexibility index (Phi) is 5.26. The molecule has 0 spiro atoms. The van der Waals surface area contributed by atoms with Gasteiger partial charge in [0.2, 0.25) is 5.95 Å². The number of ether oxygens (including phenoxy) is 1. The van der Waals surface area contributed by atoms with Gasteiger partial charge in [0.15, 0.2) is 0 Å². The topological polar surface area (TPSA) is 94.2 Å². The summed E-state index contributed by atoms with van der Waals surface area (Å²) in [6.45, 7) is 0.373. The molecule has 30 heavy (non-hydrogen) atoms. The van der Waals surface area contributed by atoms with Crippen LogP contribution in [0.15, 0.2) is 67.1 Å². The lowest BCUT2D eigenvalue weighted by Crippen LogP contribution is -2.26. The summed E-state index contributed by atoms with van der Waals surface area (Å²) in [6, 6.07) is 15.2. The van der Waals surface area contributed by atoms with Gasteiger partial charge in [-0.15, -0.1) is 0 Å². The lowest BCUT2D eigenvalue weighted by atomic mass is 9.96. The second-order valence-corrected chi connectivity index (χ2v) is 6.88. The van der Waals surface area contributed by atoms with Gasteiger partial charge in [0, 0.05) is 42.8 Å². The maximum Gasteiger partial charge on any atom is 0.254 e. The zero-order valence-electron chi connectivity index (χ0n) is 16.7. The van der Waals surface area contributed by atoms with Gasteiger partial charge in [-0.3, -0.25) is 9.78 Å². The van der Waals surface area contributed by atoms with Crippen LogP contribution in [0.2, 0.25) is 0 Å². The summed E-state index contributed by atoms with van der Waals surface area (Å²) in [6.07, 6.45) is 5.05. The van der Waals surface area contributed by atoms with E-state index >= 15 is 0 Å². The van der Waals surface area contributed by atoms with Crippen LogP contribution >= 0.6 is 0 Å². The first-order valence-electron chi connectivity index (χ1n) is 9.41. The van der Waals surface area contributed by atoms with Gasteiger partial charge in [-0.1, -0.05) is 30.3 Å². The number of pyridine rings is 1. The Bertz CT molecular complexity index is 1210. The molecule has 2 aromatic heterocycles. The molecule has 2 aromatic carbocycles. The number of aromatic nitrogens is 3. The zero-order valence-corrected chi connectivity index (χ0v) is 16.7. The number of carbonyl (C=O) groups is 1. The summed E-state index contributed by atoms with van der Waals surface area (Å²) in [5.74, 6) is 0.847. The number of hydrogen-bond acceptors (Lipinski definition) is 6. The quantitative estimate of drug-likeness (QED) is 0.551. The summed E-state index contributed by atoms with van der Waals surface area (Å²) in [7, 11) is 3.37. The first-order valence-corrected chi connectivity index (χ1v) is 9.41. The Morgan fingerprint density at radius 1 is 1.03 bits per heavy atom. The molecule has 0 aliphatic heterocycles. The van der Waals surface area contributed by atoms with Crippen LogP contribution in [-0.2, 0) is 6.54 Å². The third-order valence-electron chi connectivity index (χ3n) is 4.90. The highest BCUT2D eigenvalue weighted by atomic mass is 16.5. The molecule has 0 radical (unpaired) electrons. The SMILES string of the molecule is COc1ccnc(CN(C)C(=O)c2cccc3c(-c4cnc(N)nc4)cccc23)c1. The van der Waals surface area contributed by atoms with Crippen molar-refractivity contribution in [3.63, 3.8) is 0 Å². The van der Waals surface area contributed by atoms with Crippen LogP contribution < -0.4 is 10.5 Å². The number of hydrogen-bond donors (Lipinski definition) is 1. The summed E-state index contributed by atoms with van der Waals surface area (Å²) < 4.78 is 5.24. The molecule has 150 valence electrons. The largest absolute Gasteiger partial charge is 0.497 e. The van der Waals surface area contributed by atoms with Crippen molar-refractivity contribution >= 4 is 22.6 Å². The van der Waals surface area contributed by atoms with Crippen molar-refractivity contribution in [1.29, 1.82) is 0 Å². The Morgan fingerprint density at radius 3 is 2.53 bits per heavy atom. The van der Waals surface area contributed by atoms with E-state index in [9.17, 15) is 4.79 Å². The first kappa shape index (κ1) is 19.3. The number of methoxy groups -OCH3 is 1. The number of anilines is 1. The zero-order chi connectivity index (χ0) is 21.1. The molecule has 0 unspecified atom stereocenters. The van der Waals surface area contributed by atoms with E-state index in [2.05, 4.69) is 15.0 Å². The maximum absolute atomic E-state index is 13.2. The molecule has 1 amide bonds. The molecule has 4 rings (SSSR count). The van der Waals surface area contributed by atoms with Gasteiger partial charge in [-0.2, -0.15) is 0 Å². The first-order chi connectivity index (χ1) is 14.6. The van der Waals surface area contributed by atoms with Crippen molar-refractivity contribution in [2.75, 3.05) is 19.9 Å². The summed E-state index contributed by atoms with van der Waals surface area (Å²) >= 11 is 0. The fourth-order valence-electron chi connectivity index (χ4n) is 3.42. The minimum Gasteiger partial charge on any atom is -0.497 e. The molecule has 0 fully saturated rings. The highest BCUT2D eigenvalue weighted by Crippen LogP contribution is 2.30. The van der Waals surface area contributed by atoms with Crippen molar-refractivity contribution in [1.82, 2.24) is 19.9 Å². The molecule has 0 aliphatic carbocycles. The van der Waals surface area contributed by atoms with E-state index in [0.29, 0.717) is 17.9 Å². The fourth-order valence-corrected chi connectivity index (χ4v) is 3.42. The van der Waals surface area contributed by atoms with Gasteiger partial charge in [0.25, 0.3) is 5.91 Å². The molecule has 0 atom stereocenters. The molecule has 2 N–H and O–H groups in total. The van der Waals surface area contributed by atoms with E-state index in [0.717, 1.165) is 27.6 Å². The summed E-state index contributed by atoms with van der Waals surface area (Å²) in [4.78, 5) is 27.4. The molecule has 0 saturated heterocycles. The van der Waals surface area contributed by atoms with Crippen molar-refractivity contribution in [3.8, 4) is 16.9 Å². The second kappa shape index (κ2) is 8.16. The second-order valence-electron chi connectivity index (χ2n) is 6.88. The fraction of sp³-hybridized carbons (Fsp3) is 0.130. The van der Waals surface area contributed by atoms with Crippen LogP contribution in [0.4, 0.5) is 5.95 Å². The van der Waals surface area contributed by atoms with E-state index < -0.39 is 0 Å². The van der Waals surface area contributed by atoms with E-state index in [4.69, 9.17) is 10.5 Å². The number of carbonyl (C=O) groups excluding carboxylic acids is 1. The molecule has 0 saturated carbocycles. The van der Waals surface area contributed by atoms with Gasteiger partial charge >= 0.3 is 0 Å². The molecular formula is C23H21N5O2. The van der Waals surface area contributed by atoms with Gasteiger partial charge in [0.05, 0.1) is 19.3 Å². The Hall–Kier alpha value is -4.00. The van der Waals surface area contributed by atoms with Crippen molar-refractivity contribution < 1.29 is 9.53 Å². The number of nitrogens with two attached hydrogens (primary N) is 1. The predicted octanol–water partition coefficient (Wildman–Crippen LogP) is 3.55. The van der Waals surface area contributed by atoms with Crippen LogP contribution in [0.5, 0.6) is 5.75 Å². The number of rotatable bonds is 5. The van der Waals surface area contributed by atoms with Gasteiger partial charge in [-0.25, -0.2) is 9.97 Å². The van der Waals surface area contributed by atoms with Crippen LogP contribution in [0.25, 0.3) is 21.9 Å². The molecule has 0 bridgehead atoms. The average molecular weight is 399 g/mol. The van der Waals surface area contributed by atoms with Crippen LogP contribution in [0.1, 0.15) is 16.1 Å². The minimum absolute atomic E-state index is 0.0871. The Balaban J connectivity index is 1.69. The van der Waals surface area contributed by atoms with Gasteiger partial charge in [0.1, 0.15) is 5.75 Å². The van der Waals surface area contributed by atoms with E-state index in [1.165, 1.54) is 0 Å². The van der Waals surface area contributed by atoms with Crippen LogP contribution in [0, 0.1) is 0 Å². The number of fused-ring (bicyclic) bond motifs is 1. The maximum atomic E-state index is 13.2. The number of nitrogen functional groups attached to an aromatic ring is 1. The van der Waals surface area contributed by atoms with Gasteiger partial charge < -0.3 is 15.4 Å². The third-order valence-corrected chi connectivity index (χ3v) is 4.90. The number of nitrogens with zero attached hydrogens (tertiary/aromatic N) is 4. The van der Waals surface area contributed by atoms with E-state index in [-0.39, 0.29) is 11.9 Å². The van der Waals surface area contributed by atoms with Crippen LogP contribution in [0.3, 0.4) is 0 Å². The highest BCUT2D eigenvalue weighted by Gasteiger charge is 2.17. The highest BCUT2D eigenvalue weighted by molar-refractivity contribution is 6.10. The molecule has 7 nitrogen and oxygen atoms in total. The van der Waals surface area contributed by atoms with Crippen molar-refractivity contribution in [3.05, 3.63) is 78.4 Å². The van der Waals surface area contributed by atoms with Gasteiger partial charge in [-0.05, 0) is 28.5 Å². The Labute approximate surface area is 174 Å². The molecule has 2 heterocycles. The summed E-state index contributed by atoms with van der Waals surface area (Å²) in [5.41, 5.74) is 8.77. The standard InChI is InChI=1S/C23H21N5O2/c1-28(14-16-11-17(30-2)9-10-25-16)22(29)21-8-4-6-19-18(5-3-7-20(19)21)15-12-26-23(24)27-13-15/h3-13H,14H2,1-2H3,(H2,24,26,27). The summed E-state index contributed by atoms with van der Waals surface area (Å²) in [5, 5.41) is 1.81. The van der Waals surface area contributed by atoms with E-state index in [1.54, 1.807) is 43.7 Å². The van der Waals surface area contributed by atoms with Crippen LogP contribution in [-0.4, -0.2) is 39.9 Å². The van der Waals surface area contributed by atoms with E-state index in [1.807, 2.05) is 42.5 Å². The third kappa shape index (κ3) is 3.77. The molecule has 0 aliphatic rings. The van der Waals surface area contributed by atoms with Crippen molar-refractivity contribution in [2.45, 2.75) is 6.54 Å². The number of amides is 1. The smallest absolute Gasteiger partial charge is 0.254 e. The lowest BCUT2D eigenvalue weighted by Gasteiger charge is -2.19. The molecular weight excluding hydrogens is 378 g/mol. The molecule has 4 aromatic rings. The minimum atomic E-state index is -0.0871. The number of benzene rings is 2. The average Bonchev–Trinajstić information content (AvgIpc) is 2.78.